The van der Waals surface area contributed by atoms with Crippen LogP contribution in [-0.2, 0) is 9.59 Å². The number of rotatable bonds is 4. The average molecular weight is 239 g/mol. The van der Waals surface area contributed by atoms with Crippen molar-refractivity contribution in [1.82, 2.24) is 9.80 Å². The number of carbonyl (C=O) groups excluding carboxylic acids is 2. The lowest BCUT2D eigenvalue weighted by Gasteiger charge is -2.24. The van der Waals surface area contributed by atoms with Crippen LogP contribution in [0.15, 0.2) is 0 Å². The predicted octanol–water partition coefficient (Wildman–Crippen LogP) is -0.0514. The Morgan fingerprint density at radius 1 is 1.35 bits per heavy atom. The lowest BCUT2D eigenvalue weighted by atomic mass is 10.2. The van der Waals surface area contributed by atoms with Gasteiger partial charge < -0.3 is 15.5 Å². The standard InChI is InChI=1S/C12H21N3O2/c13-9-10-3-1-7-15(10)12(17)5-8-14-6-2-4-11(14)16/h10H,1-9,13H2. The maximum absolute atomic E-state index is 12.0. The van der Waals surface area contributed by atoms with Crippen molar-refractivity contribution in [1.29, 1.82) is 0 Å². The molecule has 2 aliphatic rings. The predicted molar refractivity (Wildman–Crippen MR) is 64.2 cm³/mol. The van der Waals surface area contributed by atoms with Gasteiger partial charge in [-0.05, 0) is 19.3 Å². The van der Waals surface area contributed by atoms with Gasteiger partial charge >= 0.3 is 0 Å². The van der Waals surface area contributed by atoms with Crippen molar-refractivity contribution in [3.63, 3.8) is 0 Å². The molecule has 1 atom stereocenters. The second-order valence-electron chi connectivity index (χ2n) is 4.85. The molecule has 0 aromatic heterocycles. The van der Waals surface area contributed by atoms with Gasteiger partial charge in [0.1, 0.15) is 0 Å². The van der Waals surface area contributed by atoms with Crippen LogP contribution >= 0.6 is 0 Å². The van der Waals surface area contributed by atoms with E-state index in [1.54, 1.807) is 4.90 Å². The van der Waals surface area contributed by atoms with Gasteiger partial charge in [-0.3, -0.25) is 9.59 Å². The first-order chi connectivity index (χ1) is 8.22. The molecule has 0 aromatic carbocycles. The third-order valence-electron chi connectivity index (χ3n) is 3.74. The van der Waals surface area contributed by atoms with Gasteiger partial charge in [0.15, 0.2) is 0 Å². The Bertz CT molecular complexity index is 306. The van der Waals surface area contributed by atoms with Gasteiger partial charge in [0.05, 0.1) is 0 Å². The number of hydrogen-bond acceptors (Lipinski definition) is 3. The van der Waals surface area contributed by atoms with E-state index in [9.17, 15) is 9.59 Å². The fourth-order valence-corrected chi connectivity index (χ4v) is 2.72. The van der Waals surface area contributed by atoms with Gasteiger partial charge in [-0.2, -0.15) is 0 Å². The molecule has 2 amide bonds. The van der Waals surface area contributed by atoms with Crippen LogP contribution in [0, 0.1) is 0 Å². The Labute approximate surface area is 102 Å². The third-order valence-corrected chi connectivity index (χ3v) is 3.74. The fourth-order valence-electron chi connectivity index (χ4n) is 2.72. The molecule has 5 heteroatoms. The zero-order chi connectivity index (χ0) is 12.3. The molecule has 96 valence electrons. The van der Waals surface area contributed by atoms with E-state index >= 15 is 0 Å². The van der Waals surface area contributed by atoms with E-state index < -0.39 is 0 Å². The van der Waals surface area contributed by atoms with Crippen LogP contribution in [-0.4, -0.2) is 53.8 Å². The number of amides is 2. The van der Waals surface area contributed by atoms with E-state index in [4.69, 9.17) is 5.73 Å². The van der Waals surface area contributed by atoms with Gasteiger partial charge in [0.25, 0.3) is 0 Å². The molecule has 0 aliphatic carbocycles. The van der Waals surface area contributed by atoms with Crippen LogP contribution in [0.5, 0.6) is 0 Å². The van der Waals surface area contributed by atoms with Crippen LogP contribution in [0.3, 0.4) is 0 Å². The minimum Gasteiger partial charge on any atom is -0.342 e. The number of nitrogens with two attached hydrogens (primary N) is 1. The van der Waals surface area contributed by atoms with E-state index in [0.29, 0.717) is 25.9 Å². The molecule has 0 bridgehead atoms. The average Bonchev–Trinajstić information content (AvgIpc) is 2.94. The topological polar surface area (TPSA) is 66.6 Å². The smallest absolute Gasteiger partial charge is 0.224 e. The Morgan fingerprint density at radius 2 is 2.18 bits per heavy atom. The lowest BCUT2D eigenvalue weighted by Crippen LogP contribution is -2.41. The van der Waals surface area contributed by atoms with Gasteiger partial charge in [-0.1, -0.05) is 0 Å². The fraction of sp³-hybridized carbons (Fsp3) is 0.833. The number of hydrogen-bond donors (Lipinski definition) is 1. The summed E-state index contributed by atoms with van der Waals surface area (Å²) in [5.74, 6) is 0.340. The van der Waals surface area contributed by atoms with Crippen LogP contribution in [0.25, 0.3) is 0 Å². The van der Waals surface area contributed by atoms with Crippen LogP contribution < -0.4 is 5.73 Å². The largest absolute Gasteiger partial charge is 0.342 e. The Balaban J connectivity index is 1.78. The van der Waals surface area contributed by atoms with Gasteiger partial charge in [0, 0.05) is 45.1 Å². The minimum absolute atomic E-state index is 0.151. The molecule has 0 spiro atoms. The molecule has 0 saturated carbocycles. The molecule has 17 heavy (non-hydrogen) atoms. The molecule has 2 rings (SSSR count). The number of carbonyl (C=O) groups is 2. The molecule has 1 unspecified atom stereocenters. The molecule has 2 fully saturated rings. The van der Waals surface area contributed by atoms with Crippen molar-refractivity contribution in [2.45, 2.75) is 38.1 Å². The van der Waals surface area contributed by atoms with E-state index in [2.05, 4.69) is 0 Å². The van der Waals surface area contributed by atoms with E-state index in [-0.39, 0.29) is 17.9 Å². The van der Waals surface area contributed by atoms with E-state index in [1.807, 2.05) is 4.90 Å². The number of nitrogens with zero attached hydrogens (tertiary/aromatic N) is 2. The molecule has 0 radical (unpaired) electrons. The molecule has 2 saturated heterocycles. The van der Waals surface area contributed by atoms with E-state index in [1.165, 1.54) is 0 Å². The Hall–Kier alpha value is -1.10. The highest BCUT2D eigenvalue weighted by Gasteiger charge is 2.28. The highest BCUT2D eigenvalue weighted by atomic mass is 16.2. The van der Waals surface area contributed by atoms with Gasteiger partial charge in [-0.25, -0.2) is 0 Å². The van der Waals surface area contributed by atoms with Crippen LogP contribution in [0.2, 0.25) is 0 Å². The summed E-state index contributed by atoms with van der Waals surface area (Å²) in [6.45, 7) is 2.76. The van der Waals surface area contributed by atoms with Crippen LogP contribution in [0.1, 0.15) is 32.1 Å². The van der Waals surface area contributed by atoms with Crippen molar-refractivity contribution in [2.75, 3.05) is 26.2 Å². The second-order valence-corrected chi connectivity index (χ2v) is 4.85. The summed E-state index contributed by atoms with van der Waals surface area (Å²) in [7, 11) is 0. The van der Waals surface area contributed by atoms with Crippen molar-refractivity contribution in [3.05, 3.63) is 0 Å². The van der Waals surface area contributed by atoms with Gasteiger partial charge in [0.2, 0.25) is 11.8 Å². The zero-order valence-electron chi connectivity index (χ0n) is 10.2. The van der Waals surface area contributed by atoms with Crippen molar-refractivity contribution < 1.29 is 9.59 Å². The minimum atomic E-state index is 0.151. The van der Waals surface area contributed by atoms with Crippen molar-refractivity contribution in [2.24, 2.45) is 5.73 Å². The SMILES string of the molecule is NCC1CCCN1C(=O)CCN1CCCC1=O. The first-order valence-electron chi connectivity index (χ1n) is 6.49. The quantitative estimate of drug-likeness (QED) is 0.748. The Morgan fingerprint density at radius 3 is 2.82 bits per heavy atom. The van der Waals surface area contributed by atoms with Crippen molar-refractivity contribution in [3.8, 4) is 0 Å². The zero-order valence-corrected chi connectivity index (χ0v) is 10.2. The van der Waals surface area contributed by atoms with Crippen LogP contribution in [0.4, 0.5) is 0 Å². The molecule has 2 heterocycles. The summed E-state index contributed by atoms with van der Waals surface area (Å²) in [6, 6.07) is 0.219. The second kappa shape index (κ2) is 5.49. The summed E-state index contributed by atoms with van der Waals surface area (Å²) in [6.07, 6.45) is 4.09. The summed E-state index contributed by atoms with van der Waals surface area (Å²) in [4.78, 5) is 27.1. The maximum Gasteiger partial charge on any atom is 0.224 e. The first kappa shape index (κ1) is 12.4. The van der Waals surface area contributed by atoms with Gasteiger partial charge in [-0.15, -0.1) is 0 Å². The molecule has 2 aliphatic heterocycles. The molecule has 2 N–H and O–H groups in total. The Kier molecular flexibility index (Phi) is 3.99. The molecular formula is C12H21N3O2. The van der Waals surface area contributed by atoms with E-state index in [0.717, 1.165) is 32.4 Å². The first-order valence-corrected chi connectivity index (χ1v) is 6.49. The maximum atomic E-state index is 12.0. The highest BCUT2D eigenvalue weighted by Crippen LogP contribution is 2.18. The summed E-state index contributed by atoms with van der Waals surface area (Å²) < 4.78 is 0. The third kappa shape index (κ3) is 2.77. The highest BCUT2D eigenvalue weighted by molar-refractivity contribution is 5.80. The van der Waals surface area contributed by atoms with Crippen molar-refractivity contribution >= 4 is 11.8 Å². The molecule has 5 nitrogen and oxygen atoms in total. The monoisotopic (exact) mass is 239 g/mol. The summed E-state index contributed by atoms with van der Waals surface area (Å²) in [5.41, 5.74) is 5.64. The molecule has 0 aromatic rings. The summed E-state index contributed by atoms with van der Waals surface area (Å²) in [5, 5.41) is 0. The molecular weight excluding hydrogens is 218 g/mol. The number of likely N-dealkylation sites (tertiary alicyclic amines) is 2. The normalized spacial score (nSPS) is 24.8. The summed E-state index contributed by atoms with van der Waals surface area (Å²) >= 11 is 0. The lowest BCUT2D eigenvalue weighted by molar-refractivity contribution is -0.133.